The number of nitrogens with one attached hydrogen (secondary N) is 1. The lowest BCUT2D eigenvalue weighted by molar-refractivity contribution is -0.0444. The molecular formula is C29H34N8O3. The number of fused-ring (bicyclic) bond motifs is 1. The van der Waals surface area contributed by atoms with Gasteiger partial charge in [0.1, 0.15) is 11.4 Å². The van der Waals surface area contributed by atoms with E-state index in [1.54, 1.807) is 32.6 Å². The van der Waals surface area contributed by atoms with Gasteiger partial charge in [-0.1, -0.05) is 31.5 Å². The van der Waals surface area contributed by atoms with Crippen molar-refractivity contribution in [3.8, 4) is 5.69 Å². The Hall–Kier alpha value is -4.25. The second kappa shape index (κ2) is 10.4. The molecule has 4 aromatic rings. The molecule has 2 atom stereocenters. The maximum Gasteiger partial charge on any atom is 0.407 e. The van der Waals surface area contributed by atoms with Gasteiger partial charge in [-0.25, -0.2) is 19.0 Å². The maximum absolute atomic E-state index is 13.3. The first kappa shape index (κ1) is 26.0. The summed E-state index contributed by atoms with van der Waals surface area (Å²) in [5.41, 5.74) is 3.83. The minimum Gasteiger partial charge on any atom is -0.465 e. The molecule has 0 spiro atoms. The summed E-state index contributed by atoms with van der Waals surface area (Å²) in [6.07, 6.45) is 5.93. The van der Waals surface area contributed by atoms with Crippen molar-refractivity contribution in [2.45, 2.75) is 51.6 Å². The van der Waals surface area contributed by atoms with Crippen molar-refractivity contribution in [3.05, 3.63) is 71.8 Å². The Morgan fingerprint density at radius 1 is 1.12 bits per heavy atom. The topological polar surface area (TPSA) is 121 Å². The number of hydrogen-bond donors (Lipinski definition) is 2. The number of aromatic nitrogens is 5. The van der Waals surface area contributed by atoms with Gasteiger partial charge in [0.15, 0.2) is 5.65 Å². The van der Waals surface area contributed by atoms with Crippen molar-refractivity contribution < 1.29 is 14.7 Å². The third kappa shape index (κ3) is 4.70. The van der Waals surface area contributed by atoms with Crippen LogP contribution in [0.5, 0.6) is 0 Å². The molecule has 1 aromatic carbocycles. The minimum absolute atomic E-state index is 0.0334. The molecule has 40 heavy (non-hydrogen) atoms. The van der Waals surface area contributed by atoms with E-state index in [2.05, 4.69) is 34.1 Å². The monoisotopic (exact) mass is 542 g/mol. The molecule has 208 valence electrons. The Kier molecular flexibility index (Phi) is 6.75. The van der Waals surface area contributed by atoms with Crippen LogP contribution in [0, 0.1) is 12.8 Å². The van der Waals surface area contributed by atoms with Crippen LogP contribution in [-0.4, -0.2) is 83.0 Å². The maximum atomic E-state index is 13.3. The molecule has 2 aliphatic heterocycles. The first-order valence-corrected chi connectivity index (χ1v) is 13.8. The molecule has 2 fully saturated rings. The molecule has 5 heterocycles. The van der Waals surface area contributed by atoms with Gasteiger partial charge in [0.25, 0.3) is 5.91 Å². The van der Waals surface area contributed by atoms with Crippen LogP contribution in [0.25, 0.3) is 11.3 Å². The largest absolute Gasteiger partial charge is 0.465 e. The van der Waals surface area contributed by atoms with Crippen LogP contribution in [0.4, 0.5) is 10.6 Å². The summed E-state index contributed by atoms with van der Waals surface area (Å²) in [5.74, 6) is 0.811. The molecule has 11 heteroatoms. The van der Waals surface area contributed by atoms with Crippen LogP contribution < -0.4 is 5.32 Å². The van der Waals surface area contributed by atoms with E-state index in [1.165, 1.54) is 6.20 Å². The number of benzene rings is 1. The van der Waals surface area contributed by atoms with Gasteiger partial charge >= 0.3 is 6.09 Å². The SMILES string of the molecule is Cc1ccc(-n2nc(C3CCN(C4CN(C(=O)O)C4C(C)C)CC3)cc2NC(=O)c2cnn3cccnc23)cc1. The molecule has 3 aromatic heterocycles. The number of carbonyl (C=O) groups is 2. The van der Waals surface area contributed by atoms with E-state index in [9.17, 15) is 14.7 Å². The lowest BCUT2D eigenvalue weighted by Crippen LogP contribution is -2.70. The number of piperidine rings is 1. The van der Waals surface area contributed by atoms with E-state index >= 15 is 0 Å². The van der Waals surface area contributed by atoms with Crippen LogP contribution in [0.2, 0.25) is 0 Å². The summed E-state index contributed by atoms with van der Waals surface area (Å²) < 4.78 is 3.37. The average Bonchev–Trinajstić information content (AvgIpc) is 3.53. The fraction of sp³-hybridized carbons (Fsp3) is 0.414. The molecule has 2 aliphatic rings. The van der Waals surface area contributed by atoms with Crippen molar-refractivity contribution in [2.75, 3.05) is 25.0 Å². The van der Waals surface area contributed by atoms with Gasteiger partial charge in [-0.2, -0.15) is 10.2 Å². The van der Waals surface area contributed by atoms with E-state index in [-0.39, 0.29) is 29.8 Å². The zero-order chi connectivity index (χ0) is 28.0. The molecule has 0 radical (unpaired) electrons. The standard InChI is InChI=1S/C29H34N8O3/c1-18(2)26-24(17-35(26)29(39)40)34-13-9-20(10-14-34)23-15-25(37(33-23)21-7-5-19(3)6-8-21)32-28(38)22-16-31-36-12-4-11-30-27(22)36/h4-8,11-12,15-16,18,20,24,26H,9-10,13-14,17H2,1-3H3,(H,32,38)(H,39,40). The number of likely N-dealkylation sites (tertiary alicyclic amines) is 2. The van der Waals surface area contributed by atoms with E-state index in [1.807, 2.05) is 37.3 Å². The number of rotatable bonds is 6. The number of hydrogen-bond acceptors (Lipinski definition) is 6. The number of amides is 2. The Labute approximate surface area is 232 Å². The van der Waals surface area contributed by atoms with Crippen molar-refractivity contribution >= 4 is 23.5 Å². The zero-order valence-corrected chi connectivity index (χ0v) is 22.9. The predicted octanol–water partition coefficient (Wildman–Crippen LogP) is 4.04. The van der Waals surface area contributed by atoms with Gasteiger partial charge in [0.05, 0.1) is 23.6 Å². The van der Waals surface area contributed by atoms with Crippen LogP contribution in [0.3, 0.4) is 0 Å². The van der Waals surface area contributed by atoms with Crippen LogP contribution in [0.1, 0.15) is 54.2 Å². The molecule has 2 amide bonds. The molecule has 2 N–H and O–H groups in total. The predicted molar refractivity (Wildman–Crippen MR) is 150 cm³/mol. The summed E-state index contributed by atoms with van der Waals surface area (Å²) in [4.78, 5) is 33.3. The van der Waals surface area contributed by atoms with Gasteiger partial charge in [-0.3, -0.25) is 9.69 Å². The lowest BCUT2D eigenvalue weighted by atomic mass is 9.83. The van der Waals surface area contributed by atoms with E-state index < -0.39 is 6.09 Å². The smallest absolute Gasteiger partial charge is 0.407 e. The number of anilines is 1. The van der Waals surface area contributed by atoms with Crippen molar-refractivity contribution in [1.29, 1.82) is 0 Å². The minimum atomic E-state index is -0.832. The highest BCUT2D eigenvalue weighted by Crippen LogP contribution is 2.35. The van der Waals surface area contributed by atoms with Crippen LogP contribution in [-0.2, 0) is 0 Å². The van der Waals surface area contributed by atoms with Crippen molar-refractivity contribution in [3.63, 3.8) is 0 Å². The molecule has 6 rings (SSSR count). The second-order valence-electron chi connectivity index (χ2n) is 11.1. The molecule has 2 unspecified atom stereocenters. The number of carbonyl (C=O) groups excluding carboxylic acids is 1. The Balaban J connectivity index is 1.22. The summed E-state index contributed by atoms with van der Waals surface area (Å²) in [6, 6.07) is 12.1. The molecular weight excluding hydrogens is 508 g/mol. The fourth-order valence-electron chi connectivity index (χ4n) is 6.11. The summed E-state index contributed by atoms with van der Waals surface area (Å²) in [7, 11) is 0. The van der Waals surface area contributed by atoms with Gasteiger partial charge < -0.3 is 15.3 Å². The second-order valence-corrected chi connectivity index (χ2v) is 11.1. The highest BCUT2D eigenvalue weighted by atomic mass is 16.4. The summed E-state index contributed by atoms with van der Waals surface area (Å²) >= 11 is 0. The Morgan fingerprint density at radius 3 is 2.58 bits per heavy atom. The quantitative estimate of drug-likeness (QED) is 0.377. The van der Waals surface area contributed by atoms with Crippen molar-refractivity contribution in [2.24, 2.45) is 5.92 Å². The molecule has 2 saturated heterocycles. The first-order chi connectivity index (χ1) is 19.3. The third-order valence-electron chi connectivity index (χ3n) is 8.26. The molecule has 0 bridgehead atoms. The molecule has 0 saturated carbocycles. The molecule has 0 aliphatic carbocycles. The van der Waals surface area contributed by atoms with E-state index in [0.717, 1.165) is 42.9 Å². The normalized spacial score (nSPS) is 20.1. The highest BCUT2D eigenvalue weighted by molar-refractivity contribution is 6.07. The average molecular weight is 543 g/mol. The van der Waals surface area contributed by atoms with Crippen molar-refractivity contribution in [1.82, 2.24) is 34.2 Å². The number of carboxylic acid groups (broad SMARTS) is 1. The summed E-state index contributed by atoms with van der Waals surface area (Å²) in [5, 5.41) is 21.8. The molecule has 11 nitrogen and oxygen atoms in total. The Morgan fingerprint density at radius 2 is 1.88 bits per heavy atom. The number of nitrogens with zero attached hydrogens (tertiary/aromatic N) is 7. The lowest BCUT2D eigenvalue weighted by Gasteiger charge is -2.54. The zero-order valence-electron chi connectivity index (χ0n) is 22.9. The number of aryl methyl sites for hydroxylation is 1. The first-order valence-electron chi connectivity index (χ1n) is 13.8. The summed E-state index contributed by atoms with van der Waals surface area (Å²) in [6.45, 7) is 8.57. The van der Waals surface area contributed by atoms with Crippen LogP contribution >= 0.6 is 0 Å². The van der Waals surface area contributed by atoms with Crippen LogP contribution in [0.15, 0.2) is 55.0 Å². The third-order valence-corrected chi connectivity index (χ3v) is 8.26. The highest BCUT2D eigenvalue weighted by Gasteiger charge is 2.47. The fourth-order valence-corrected chi connectivity index (χ4v) is 6.11. The van der Waals surface area contributed by atoms with Gasteiger partial charge in [-0.15, -0.1) is 0 Å². The van der Waals surface area contributed by atoms with E-state index in [0.29, 0.717) is 23.6 Å². The Bertz CT molecular complexity index is 1530. The van der Waals surface area contributed by atoms with Gasteiger partial charge in [0.2, 0.25) is 0 Å². The van der Waals surface area contributed by atoms with Gasteiger partial charge in [-0.05, 0) is 57.0 Å². The van der Waals surface area contributed by atoms with Gasteiger partial charge in [0, 0.05) is 37.0 Å². The van der Waals surface area contributed by atoms with E-state index in [4.69, 9.17) is 5.10 Å².